The van der Waals surface area contributed by atoms with Crippen LogP contribution in [0.5, 0.6) is 5.75 Å². The number of hydrogen-bond acceptors (Lipinski definition) is 8. The molecule has 1 heterocycles. The number of piperidine rings is 1. The maximum atomic E-state index is 13.3. The number of aromatic hydroxyl groups is 1. The summed E-state index contributed by atoms with van der Waals surface area (Å²) in [7, 11) is 2.04. The molecule has 0 atom stereocenters. The molecule has 1 fully saturated rings. The Hall–Kier alpha value is -3.98. The standard InChI is InChI=1S/C25H30N6O3/c1-17(26)34-24(28)19-4-3-5-20(16-19)29-13-10-23(27)31(21-11-14-30(2)15-12-21)25(33)18-6-8-22(32)9-7-18/h3-10,13,16,21,26-29,32H,11-12,14-15H2,1-2H3/b13-10-,26-17?,27-23?,28-24?. The van der Waals surface area contributed by atoms with Crippen LogP contribution < -0.4 is 5.32 Å². The lowest BCUT2D eigenvalue weighted by Gasteiger charge is -2.36. The van der Waals surface area contributed by atoms with Gasteiger partial charge in [-0.1, -0.05) is 6.07 Å². The fourth-order valence-corrected chi connectivity index (χ4v) is 3.73. The van der Waals surface area contributed by atoms with Crippen molar-refractivity contribution < 1.29 is 14.6 Å². The van der Waals surface area contributed by atoms with E-state index in [4.69, 9.17) is 21.0 Å². The number of nitrogens with zero attached hydrogens (tertiary/aromatic N) is 2. The van der Waals surface area contributed by atoms with Crippen molar-refractivity contribution in [1.29, 1.82) is 16.2 Å². The van der Waals surface area contributed by atoms with E-state index in [0.717, 1.165) is 25.9 Å². The van der Waals surface area contributed by atoms with Crippen molar-refractivity contribution in [3.8, 4) is 5.75 Å². The molecule has 0 saturated carbocycles. The summed E-state index contributed by atoms with van der Waals surface area (Å²) in [5.74, 6) is -0.325. The lowest BCUT2D eigenvalue weighted by Crippen LogP contribution is -2.48. The number of ether oxygens (including phenoxy) is 1. The van der Waals surface area contributed by atoms with Crippen LogP contribution in [0.15, 0.2) is 60.8 Å². The monoisotopic (exact) mass is 462 g/mol. The summed E-state index contributed by atoms with van der Waals surface area (Å²) in [6.07, 6.45) is 4.65. The number of rotatable bonds is 6. The molecule has 0 unspecified atom stereocenters. The van der Waals surface area contributed by atoms with E-state index in [0.29, 0.717) is 16.8 Å². The molecule has 0 aliphatic carbocycles. The molecule has 0 radical (unpaired) electrons. The summed E-state index contributed by atoms with van der Waals surface area (Å²) in [6.45, 7) is 3.14. The van der Waals surface area contributed by atoms with Gasteiger partial charge in [0.2, 0.25) is 5.90 Å². The van der Waals surface area contributed by atoms with Crippen LogP contribution in [0.25, 0.3) is 0 Å². The van der Waals surface area contributed by atoms with Crippen molar-refractivity contribution in [1.82, 2.24) is 9.80 Å². The van der Waals surface area contributed by atoms with Crippen molar-refractivity contribution in [2.24, 2.45) is 0 Å². The van der Waals surface area contributed by atoms with Gasteiger partial charge in [-0.05, 0) is 81.5 Å². The second-order valence-corrected chi connectivity index (χ2v) is 8.19. The zero-order valence-corrected chi connectivity index (χ0v) is 19.3. The van der Waals surface area contributed by atoms with Gasteiger partial charge >= 0.3 is 0 Å². The van der Waals surface area contributed by atoms with Crippen LogP contribution in [0.3, 0.4) is 0 Å². The van der Waals surface area contributed by atoms with Crippen LogP contribution >= 0.6 is 0 Å². The molecular formula is C25H30N6O3. The van der Waals surface area contributed by atoms with Gasteiger partial charge in [0.1, 0.15) is 11.6 Å². The molecule has 9 nitrogen and oxygen atoms in total. The van der Waals surface area contributed by atoms with E-state index < -0.39 is 0 Å². The summed E-state index contributed by atoms with van der Waals surface area (Å²) < 4.78 is 5.04. The second-order valence-electron chi connectivity index (χ2n) is 8.19. The average molecular weight is 463 g/mol. The number of phenols is 1. The molecule has 3 rings (SSSR count). The Morgan fingerprint density at radius 2 is 1.79 bits per heavy atom. The number of amides is 1. The minimum atomic E-state index is -0.279. The Bertz CT molecular complexity index is 1090. The lowest BCUT2D eigenvalue weighted by molar-refractivity contribution is 0.0748. The second kappa shape index (κ2) is 11.2. The number of carbonyl (C=O) groups is 1. The first kappa shape index (κ1) is 24.7. The zero-order chi connectivity index (χ0) is 24.7. The van der Waals surface area contributed by atoms with Gasteiger partial charge in [-0.25, -0.2) is 0 Å². The van der Waals surface area contributed by atoms with E-state index in [-0.39, 0.29) is 35.3 Å². The first-order valence-corrected chi connectivity index (χ1v) is 11.0. The third-order valence-electron chi connectivity index (χ3n) is 5.52. The number of carbonyl (C=O) groups excluding carboxylic acids is 1. The molecule has 1 saturated heterocycles. The van der Waals surface area contributed by atoms with Crippen molar-refractivity contribution >= 4 is 29.2 Å². The highest BCUT2D eigenvalue weighted by Crippen LogP contribution is 2.21. The maximum Gasteiger partial charge on any atom is 0.259 e. The molecule has 0 aromatic heterocycles. The van der Waals surface area contributed by atoms with Gasteiger partial charge in [-0.2, -0.15) is 0 Å². The number of likely N-dealkylation sites (tertiary alicyclic amines) is 1. The van der Waals surface area contributed by atoms with Gasteiger partial charge in [0.15, 0.2) is 5.90 Å². The maximum absolute atomic E-state index is 13.3. The first-order chi connectivity index (χ1) is 16.2. The van der Waals surface area contributed by atoms with Gasteiger partial charge in [0, 0.05) is 36.0 Å². The predicted octanol–water partition coefficient (Wildman–Crippen LogP) is 3.87. The number of phenolic OH excluding ortho intramolecular Hbond substituents is 1. The molecular weight excluding hydrogens is 432 g/mol. The quantitative estimate of drug-likeness (QED) is 0.328. The first-order valence-electron chi connectivity index (χ1n) is 11.0. The molecule has 178 valence electrons. The summed E-state index contributed by atoms with van der Waals surface area (Å²) in [5.41, 5.74) is 1.60. The molecule has 9 heteroatoms. The topological polar surface area (TPSA) is 137 Å². The van der Waals surface area contributed by atoms with E-state index in [9.17, 15) is 9.90 Å². The van der Waals surface area contributed by atoms with Gasteiger partial charge < -0.3 is 20.1 Å². The number of hydrogen-bond donors (Lipinski definition) is 5. The lowest BCUT2D eigenvalue weighted by atomic mass is 10.0. The summed E-state index contributed by atoms with van der Waals surface area (Å²) in [5, 5.41) is 36.6. The molecule has 5 N–H and O–H groups in total. The Labute approximate surface area is 199 Å². The van der Waals surface area contributed by atoms with E-state index in [1.807, 2.05) is 7.05 Å². The van der Waals surface area contributed by atoms with Crippen LogP contribution in [0, 0.1) is 16.2 Å². The Morgan fingerprint density at radius 1 is 1.12 bits per heavy atom. The van der Waals surface area contributed by atoms with Gasteiger partial charge in [0.25, 0.3) is 5.91 Å². The highest BCUT2D eigenvalue weighted by Gasteiger charge is 2.29. The van der Waals surface area contributed by atoms with E-state index in [1.165, 1.54) is 30.0 Å². The van der Waals surface area contributed by atoms with Crippen LogP contribution in [-0.4, -0.2) is 64.6 Å². The highest BCUT2D eigenvalue weighted by molar-refractivity contribution is 6.09. The summed E-state index contributed by atoms with van der Waals surface area (Å²) >= 11 is 0. The molecule has 0 bridgehead atoms. The van der Waals surface area contributed by atoms with Crippen molar-refractivity contribution in [3.63, 3.8) is 0 Å². The number of nitrogens with one attached hydrogen (secondary N) is 4. The average Bonchev–Trinajstić information content (AvgIpc) is 2.80. The third-order valence-corrected chi connectivity index (χ3v) is 5.52. The normalized spacial score (nSPS) is 14.5. The van der Waals surface area contributed by atoms with Crippen molar-refractivity contribution in [3.05, 3.63) is 71.9 Å². The van der Waals surface area contributed by atoms with Gasteiger partial charge in [-0.3, -0.25) is 25.9 Å². The Morgan fingerprint density at radius 3 is 2.44 bits per heavy atom. The number of amidine groups is 1. The minimum Gasteiger partial charge on any atom is -0.508 e. The van der Waals surface area contributed by atoms with Gasteiger partial charge in [-0.15, -0.1) is 0 Å². The van der Waals surface area contributed by atoms with Crippen LogP contribution in [-0.2, 0) is 4.74 Å². The largest absolute Gasteiger partial charge is 0.508 e. The minimum absolute atomic E-state index is 0.0618. The fraction of sp³-hybridized carbons (Fsp3) is 0.280. The molecule has 1 aliphatic heterocycles. The van der Waals surface area contributed by atoms with E-state index in [1.54, 1.807) is 42.6 Å². The number of benzene rings is 2. The van der Waals surface area contributed by atoms with E-state index >= 15 is 0 Å². The van der Waals surface area contributed by atoms with Crippen LogP contribution in [0.2, 0.25) is 0 Å². The predicted molar refractivity (Wildman–Crippen MR) is 133 cm³/mol. The molecule has 34 heavy (non-hydrogen) atoms. The molecule has 1 amide bonds. The summed E-state index contributed by atoms with van der Waals surface area (Å²) in [6, 6.07) is 12.9. The van der Waals surface area contributed by atoms with Gasteiger partial charge in [0.05, 0.1) is 0 Å². The Kier molecular flexibility index (Phi) is 8.15. The molecule has 1 aliphatic rings. The highest BCUT2D eigenvalue weighted by atomic mass is 16.5. The summed E-state index contributed by atoms with van der Waals surface area (Å²) in [4.78, 5) is 17.0. The van der Waals surface area contributed by atoms with Crippen molar-refractivity contribution in [2.45, 2.75) is 25.8 Å². The smallest absolute Gasteiger partial charge is 0.259 e. The molecule has 2 aromatic carbocycles. The molecule has 0 spiro atoms. The molecule has 2 aromatic rings. The van der Waals surface area contributed by atoms with Crippen LogP contribution in [0.4, 0.5) is 5.69 Å². The zero-order valence-electron chi connectivity index (χ0n) is 19.3. The third kappa shape index (κ3) is 6.52. The fourth-order valence-electron chi connectivity index (χ4n) is 3.73. The SMILES string of the molecule is CC(=N)OC(=N)c1cccc(N/C=C\C(=N)N(C(=O)c2ccc(O)cc2)C2CCN(C)CC2)c1. The van der Waals surface area contributed by atoms with E-state index in [2.05, 4.69) is 10.2 Å². The number of anilines is 1. The van der Waals surface area contributed by atoms with Crippen LogP contribution in [0.1, 0.15) is 35.7 Å². The Balaban J connectivity index is 1.75. The van der Waals surface area contributed by atoms with Crippen molar-refractivity contribution in [2.75, 3.05) is 25.5 Å².